The number of halogens is 6. The second kappa shape index (κ2) is 100. The first-order valence-corrected chi connectivity index (χ1v) is 71.5. The molecule has 0 saturated heterocycles. The first kappa shape index (κ1) is 140. The molecule has 0 aliphatic carbocycles. The smallest absolute Gasteiger partial charge is 0.303 e. The van der Waals surface area contributed by atoms with E-state index in [9.17, 15) is 14.0 Å². The summed E-state index contributed by atoms with van der Waals surface area (Å²) >= 11 is 16.9. The molecule has 0 bridgehead atoms. The molecule has 8 nitrogen and oxygen atoms in total. The molecule has 3 aromatic carbocycles. The second-order valence-corrected chi connectivity index (χ2v) is 66.9. The second-order valence-electron chi connectivity index (χ2n) is 39.4. The zero-order chi connectivity index (χ0) is 103. The van der Waals surface area contributed by atoms with Gasteiger partial charge < -0.3 is 24.2 Å². The monoisotopic (exact) mass is 2300 g/mol. The molecule has 0 aliphatic heterocycles. The first-order valence-electron chi connectivity index (χ1n) is 53.0. The molecule has 3 rings (SSSR count). The van der Waals surface area contributed by atoms with Crippen LogP contribution in [0.4, 0.5) is 4.39 Å². The van der Waals surface area contributed by atoms with Crippen molar-refractivity contribution in [2.24, 2.45) is 0 Å². The Morgan fingerprint density at radius 1 is 0.358 bits per heavy atom. The Labute approximate surface area is 889 Å². The average Bonchev–Trinajstić information content (AvgIpc) is 0.757. The number of rotatable bonds is 73. The van der Waals surface area contributed by atoms with Crippen LogP contribution in [-0.4, -0.2) is 111 Å². The minimum Gasteiger partial charge on any atom is -0.481 e. The number of aliphatic hydroxyl groups excluding tert-OH is 1. The number of aliphatic hydroxyl groups is 1. The van der Waals surface area contributed by atoms with Crippen molar-refractivity contribution in [1.29, 1.82) is 0 Å². The summed E-state index contributed by atoms with van der Waals surface area (Å²) < 4.78 is 33.1. The van der Waals surface area contributed by atoms with E-state index in [-0.39, 0.29) is 40.2 Å². The Morgan fingerprint density at radius 2 is 0.606 bits per heavy atom. The van der Waals surface area contributed by atoms with E-state index in [0.29, 0.717) is 34.6 Å². The predicted octanol–water partition coefficient (Wildman–Crippen LogP) is 35.7. The van der Waals surface area contributed by atoms with Gasteiger partial charge in [-0.1, -0.05) is 310 Å². The fourth-order valence-electron chi connectivity index (χ4n) is 12.2. The Kier molecular flexibility index (Phi) is 102. The van der Waals surface area contributed by atoms with E-state index in [0.717, 1.165) is 165 Å². The van der Waals surface area contributed by atoms with E-state index in [4.69, 9.17) is 51.8 Å². The standard InChI is InChI=1S/C30H42IOPSi.C20H31FO2.C20H32O2.C19H31Br.C12H27ClOSi.C12H27IOSi.C6H13ClO/c1-30(2,3)34(4,5)32-26-18-7-6-17-25-31-33(27-19-11-8-12-20-27,28-21-13-9-14-22-28)29-23-15-10-16-24-29;21-19-17-15-13-11-9-7-5-3-1-2-4-6-8-10-12-14-16-18-20(22)23;1-2-3-4-5-6-7-8-9-10-11-12-13-14-15-16-17-18-19-20(21)22;1-2-3-4-5-6-7-8-9-10-11-12-13-14-15-16-17-18-19-20;2*1-12(2,3)15(4,5)14-11-9-7-6-8-10-13;7-5-3-1-2-4-6-8/h8-16,19-24H,6-7,17-18,25-26H2,1-5H3;1,3-4,6-7,9-10,12H,2,5,8,11,13-19H2,(H,22,23);6-7,9-10,12-13,15-16H,2-5,8,11,14,17-19H2,1H3,(H,21,22);6-7,9-10,12-13,15-16H,2-5,8,11,14,17-19H2,1H3;2*6-11H2,1-5H3;8H,1-6H2/b;3-1-,6-4-,9-7-,12-10-;2*7-6-,10-9-,13-12-,16-15-;;;. The van der Waals surface area contributed by atoms with Crippen LogP contribution in [-0.2, 0) is 22.9 Å². The van der Waals surface area contributed by atoms with Crippen LogP contribution >= 0.6 is 66.6 Å². The summed E-state index contributed by atoms with van der Waals surface area (Å²) in [5.41, 5.74) is 0. The van der Waals surface area contributed by atoms with Crippen LogP contribution in [0.2, 0.25) is 54.4 Å². The molecular formula is C119H203BrCl2FI2O8PSi3. The number of alkyl halides is 6. The van der Waals surface area contributed by atoms with Gasteiger partial charge >= 0.3 is 233 Å². The number of benzene rings is 3. The third-order valence-corrected chi connectivity index (χ3v) is 53.3. The summed E-state index contributed by atoms with van der Waals surface area (Å²) in [6, 6.07) is 34.1. The van der Waals surface area contributed by atoms with Gasteiger partial charge in [0.2, 0.25) is 0 Å². The Hall–Kier alpha value is -3.15. The van der Waals surface area contributed by atoms with Crippen molar-refractivity contribution in [2.75, 3.05) is 59.0 Å². The zero-order valence-corrected chi connectivity index (χ0v) is 101. The maximum atomic E-state index is 11.9. The summed E-state index contributed by atoms with van der Waals surface area (Å²) in [6.45, 7) is 42.2. The fraction of sp³-hybridized carbons (Fsp3) is 0.630. The minimum absolute atomic E-state index is 0.0379. The van der Waals surface area contributed by atoms with Crippen LogP contribution in [0, 0.1) is 0 Å². The molecule has 18 heteroatoms. The summed E-state index contributed by atoms with van der Waals surface area (Å²) in [7, 11) is -4.58. The third-order valence-electron chi connectivity index (χ3n) is 24.0. The van der Waals surface area contributed by atoms with Crippen molar-refractivity contribution in [3.63, 3.8) is 0 Å². The molecule has 0 unspecified atom stereocenters. The summed E-state index contributed by atoms with van der Waals surface area (Å²) in [6.07, 6.45) is 101. The Balaban J connectivity index is -0.000000779. The van der Waals surface area contributed by atoms with E-state index in [1.54, 1.807) is 15.9 Å². The molecule has 0 radical (unpaired) electrons. The van der Waals surface area contributed by atoms with Gasteiger partial charge in [0.15, 0.2) is 16.6 Å². The topological polar surface area (TPSA) is 123 Å². The summed E-state index contributed by atoms with van der Waals surface area (Å²) in [5.74, 6) is 0.113. The van der Waals surface area contributed by atoms with Gasteiger partial charge in [0.1, 0.15) is 0 Å². The summed E-state index contributed by atoms with van der Waals surface area (Å²) in [5, 5.41) is 32.0. The first-order chi connectivity index (χ1) is 65.8. The number of carboxylic acids is 2. The van der Waals surface area contributed by atoms with Gasteiger partial charge in [-0.15, -0.1) is 23.2 Å². The van der Waals surface area contributed by atoms with Gasteiger partial charge in [0.05, 0.1) is 6.67 Å². The fourth-order valence-corrected chi connectivity index (χ4v) is 30.3. The molecule has 137 heavy (non-hydrogen) atoms. The van der Waals surface area contributed by atoms with E-state index in [1.807, 2.05) is 6.08 Å². The largest absolute Gasteiger partial charge is 0.481 e. The van der Waals surface area contributed by atoms with Crippen LogP contribution < -0.4 is 36.6 Å². The van der Waals surface area contributed by atoms with E-state index in [1.165, 1.54) is 144 Å². The number of carboxylic acid groups (broad SMARTS) is 2. The molecule has 786 valence electrons. The van der Waals surface area contributed by atoms with E-state index >= 15 is 0 Å². The number of aliphatic carboxylic acids is 2. The Morgan fingerprint density at radius 3 is 0.861 bits per heavy atom. The number of carbonyl (C=O) groups is 2. The van der Waals surface area contributed by atoms with Gasteiger partial charge in [-0.05, 0) is 220 Å². The van der Waals surface area contributed by atoms with Crippen LogP contribution in [0.1, 0.15) is 365 Å². The van der Waals surface area contributed by atoms with Gasteiger partial charge in [0, 0.05) is 49.8 Å². The molecule has 0 fully saturated rings. The average molecular weight is 2300 g/mol. The maximum Gasteiger partial charge on any atom is 0.303 e. The van der Waals surface area contributed by atoms with Crippen molar-refractivity contribution in [2.45, 2.75) is 419 Å². The molecule has 0 heterocycles. The van der Waals surface area contributed by atoms with Crippen LogP contribution in [0.25, 0.3) is 0 Å². The van der Waals surface area contributed by atoms with Crippen LogP contribution in [0.3, 0.4) is 0 Å². The Bertz CT molecular complexity index is 3390. The normalized spacial score (nSPS) is 12.5. The van der Waals surface area contributed by atoms with E-state index in [2.05, 4.69) is 385 Å². The van der Waals surface area contributed by atoms with Crippen molar-refractivity contribution < 1.29 is 63.2 Å². The van der Waals surface area contributed by atoms with E-state index < -0.39 is 41.8 Å². The predicted molar refractivity (Wildman–Crippen MR) is 631 cm³/mol. The van der Waals surface area contributed by atoms with Gasteiger partial charge in [-0.3, -0.25) is 14.0 Å². The SMILES string of the molecule is CC(C)(C)[Si](C)(C)OCCCCCCCl.CC(C)(C)[Si](C)(C)OCCCCCCI.CC(C)(C)[Si](C)(C)OCCCCCC[I-][P+](c1ccccc1)(c1ccccc1)c1ccccc1.CCCCC/C=C\C/C=C\C/C=C\C/C=C\CCCBr.CCCCC/C=C\C/C=C\C/C=C\C/C=C\CCCC(=O)O.O=C(O)CCC/C=C\C/C=C\C/C=C\C/C=C\CCCCCF.OCCCCCCCl. The zero-order valence-electron chi connectivity index (χ0n) is 90.0. The molecule has 0 amide bonds. The molecule has 0 spiro atoms. The molecule has 0 aliphatic rings. The van der Waals surface area contributed by atoms with Gasteiger partial charge in [-0.2, -0.15) is 0 Å². The van der Waals surface area contributed by atoms with Gasteiger partial charge in [-0.25, -0.2) is 0 Å². The molecule has 0 atom stereocenters. The quantitative estimate of drug-likeness (QED) is 0.0128. The van der Waals surface area contributed by atoms with Crippen LogP contribution in [0.15, 0.2) is 237 Å². The maximum absolute atomic E-state index is 11.9. The van der Waals surface area contributed by atoms with Crippen molar-refractivity contribution >= 4 is 119 Å². The minimum atomic E-state index is -1.61. The number of hydrogen-bond donors (Lipinski definition) is 3. The summed E-state index contributed by atoms with van der Waals surface area (Å²) in [4.78, 5) is 19.1. The number of hydrogen-bond acceptors (Lipinski definition) is 6. The molecule has 3 N–H and O–H groups in total. The van der Waals surface area contributed by atoms with Crippen molar-refractivity contribution in [1.82, 2.24) is 0 Å². The van der Waals surface area contributed by atoms with Gasteiger partial charge in [0.25, 0.3) is 0 Å². The van der Waals surface area contributed by atoms with Crippen molar-refractivity contribution in [3.8, 4) is 0 Å². The van der Waals surface area contributed by atoms with Crippen molar-refractivity contribution in [3.05, 3.63) is 237 Å². The number of allylic oxidation sites excluding steroid dienone is 24. The third kappa shape index (κ3) is 91.3. The molecule has 3 aromatic rings. The molecular weight excluding hydrogens is 2100 g/mol. The van der Waals surface area contributed by atoms with Crippen LogP contribution in [0.5, 0.6) is 0 Å². The molecule has 0 saturated carbocycles. The number of unbranched alkanes of at least 4 members (excludes halogenated alkanes) is 24. The molecule has 0 aromatic heterocycles.